The number of H-pyrrole nitrogens is 1. The van der Waals surface area contributed by atoms with Gasteiger partial charge in [-0.1, -0.05) is 12.2 Å². The fourth-order valence-corrected chi connectivity index (χ4v) is 2.04. The molecule has 1 atom stereocenters. The molecule has 2 rings (SSSR count). The van der Waals surface area contributed by atoms with Crippen molar-refractivity contribution in [2.24, 2.45) is 11.7 Å². The lowest BCUT2D eigenvalue weighted by molar-refractivity contribution is -0.117. The number of pyridine rings is 1. The fourth-order valence-electron chi connectivity index (χ4n) is 1.80. The van der Waals surface area contributed by atoms with Gasteiger partial charge in [0.25, 0.3) is 0 Å². The topological polar surface area (TPSA) is 62.1 Å². The van der Waals surface area contributed by atoms with E-state index in [1.165, 1.54) is 0 Å². The second-order valence-electron chi connectivity index (χ2n) is 3.69. The molecule has 4 nitrogen and oxygen atoms in total. The van der Waals surface area contributed by atoms with E-state index in [9.17, 15) is 4.79 Å². The van der Waals surface area contributed by atoms with Gasteiger partial charge in [-0.25, -0.2) is 0 Å². The summed E-state index contributed by atoms with van der Waals surface area (Å²) < 4.78 is 0.600. The Morgan fingerprint density at radius 1 is 1.67 bits per heavy atom. The van der Waals surface area contributed by atoms with Crippen molar-refractivity contribution in [2.75, 3.05) is 18.0 Å². The van der Waals surface area contributed by atoms with Crippen LogP contribution >= 0.6 is 12.2 Å². The predicted molar refractivity (Wildman–Crippen MR) is 61.1 cm³/mol. The van der Waals surface area contributed by atoms with E-state index < -0.39 is 0 Å². The van der Waals surface area contributed by atoms with Gasteiger partial charge in [0.15, 0.2) is 0 Å². The maximum absolute atomic E-state index is 11.7. The smallest absolute Gasteiger partial charge is 0.227 e. The molecule has 0 bridgehead atoms. The normalized spacial score (nSPS) is 21.0. The van der Waals surface area contributed by atoms with Crippen LogP contribution in [0.2, 0.25) is 0 Å². The van der Waals surface area contributed by atoms with E-state index in [2.05, 4.69) is 4.98 Å². The first-order chi connectivity index (χ1) is 7.22. The van der Waals surface area contributed by atoms with Crippen molar-refractivity contribution in [3.05, 3.63) is 23.0 Å². The van der Waals surface area contributed by atoms with Crippen molar-refractivity contribution >= 4 is 23.8 Å². The van der Waals surface area contributed by atoms with E-state index in [1.807, 2.05) is 12.1 Å². The number of amides is 1. The molecule has 1 aliphatic rings. The van der Waals surface area contributed by atoms with Gasteiger partial charge >= 0.3 is 0 Å². The summed E-state index contributed by atoms with van der Waals surface area (Å²) in [4.78, 5) is 16.3. The highest BCUT2D eigenvalue weighted by Gasteiger charge is 2.30. The maximum atomic E-state index is 11.7. The van der Waals surface area contributed by atoms with Crippen LogP contribution in [0, 0.1) is 10.6 Å². The third-order valence-corrected chi connectivity index (χ3v) is 2.95. The number of hydrogen-bond acceptors (Lipinski definition) is 3. The summed E-state index contributed by atoms with van der Waals surface area (Å²) in [7, 11) is 0. The zero-order chi connectivity index (χ0) is 10.8. The maximum Gasteiger partial charge on any atom is 0.227 e. The molecular formula is C10H13N3OS. The molecule has 15 heavy (non-hydrogen) atoms. The molecule has 2 heterocycles. The Morgan fingerprint density at radius 3 is 3.07 bits per heavy atom. The number of hydrogen-bond donors (Lipinski definition) is 2. The lowest BCUT2D eigenvalue weighted by Gasteiger charge is -2.15. The number of nitrogens with zero attached hydrogens (tertiary/aromatic N) is 1. The van der Waals surface area contributed by atoms with Crippen molar-refractivity contribution in [2.45, 2.75) is 6.42 Å². The van der Waals surface area contributed by atoms with Crippen LogP contribution in [0.3, 0.4) is 0 Å². The number of rotatable bonds is 2. The van der Waals surface area contributed by atoms with Gasteiger partial charge in [0.2, 0.25) is 5.91 Å². The minimum absolute atomic E-state index is 0.108. The minimum atomic E-state index is 0.108. The Labute approximate surface area is 93.1 Å². The molecule has 1 aliphatic heterocycles. The van der Waals surface area contributed by atoms with Gasteiger partial charge in [0.1, 0.15) is 4.64 Å². The number of nitrogens with two attached hydrogens (primary N) is 1. The number of carbonyl (C=O) groups excluding carboxylic acids is 1. The highest BCUT2D eigenvalue weighted by Crippen LogP contribution is 2.24. The Bertz CT molecular complexity index is 429. The second-order valence-corrected chi connectivity index (χ2v) is 4.10. The first kappa shape index (κ1) is 10.3. The van der Waals surface area contributed by atoms with Crippen molar-refractivity contribution in [3.63, 3.8) is 0 Å². The molecule has 1 aromatic heterocycles. The fraction of sp³-hybridized carbons (Fsp3) is 0.400. The zero-order valence-corrected chi connectivity index (χ0v) is 9.09. The second kappa shape index (κ2) is 4.12. The predicted octanol–water partition coefficient (Wildman–Crippen LogP) is 1.06. The van der Waals surface area contributed by atoms with Crippen molar-refractivity contribution in [1.82, 2.24) is 4.98 Å². The molecule has 3 N–H and O–H groups in total. The molecule has 1 aromatic rings. The molecule has 1 fully saturated rings. The van der Waals surface area contributed by atoms with Gasteiger partial charge in [0.05, 0.1) is 5.69 Å². The van der Waals surface area contributed by atoms with Crippen LogP contribution in [0.4, 0.5) is 5.69 Å². The molecule has 5 heteroatoms. The summed E-state index contributed by atoms with van der Waals surface area (Å²) in [5, 5.41) is 0. The summed E-state index contributed by atoms with van der Waals surface area (Å²) >= 11 is 5.14. The van der Waals surface area contributed by atoms with E-state index in [1.54, 1.807) is 11.1 Å². The Kier molecular flexibility index (Phi) is 2.83. The summed E-state index contributed by atoms with van der Waals surface area (Å²) in [5.41, 5.74) is 6.35. The zero-order valence-electron chi connectivity index (χ0n) is 8.27. The van der Waals surface area contributed by atoms with Gasteiger partial charge in [0, 0.05) is 19.2 Å². The van der Waals surface area contributed by atoms with Crippen molar-refractivity contribution < 1.29 is 4.79 Å². The number of anilines is 1. The van der Waals surface area contributed by atoms with E-state index in [4.69, 9.17) is 18.0 Å². The molecule has 1 amide bonds. The summed E-state index contributed by atoms with van der Waals surface area (Å²) in [6.07, 6.45) is 2.28. The van der Waals surface area contributed by atoms with E-state index >= 15 is 0 Å². The van der Waals surface area contributed by atoms with Gasteiger partial charge in [-0.05, 0) is 24.6 Å². The van der Waals surface area contributed by atoms with Gasteiger partial charge in [-0.3, -0.25) is 4.79 Å². The highest BCUT2D eigenvalue weighted by atomic mass is 32.1. The number of carbonyl (C=O) groups is 1. The average Bonchev–Trinajstić information content (AvgIpc) is 2.60. The van der Waals surface area contributed by atoms with Crippen molar-refractivity contribution in [1.29, 1.82) is 0 Å². The van der Waals surface area contributed by atoms with Crippen LogP contribution in [-0.2, 0) is 4.79 Å². The van der Waals surface area contributed by atoms with E-state index in [-0.39, 0.29) is 11.8 Å². The molecule has 0 spiro atoms. The molecule has 1 unspecified atom stereocenters. The molecule has 0 radical (unpaired) electrons. The lowest BCUT2D eigenvalue weighted by atomic mass is 10.1. The van der Waals surface area contributed by atoms with Crippen molar-refractivity contribution in [3.8, 4) is 0 Å². The first-order valence-corrected chi connectivity index (χ1v) is 5.31. The number of nitrogens with one attached hydrogen (secondary N) is 1. The van der Waals surface area contributed by atoms with Gasteiger partial charge < -0.3 is 15.6 Å². The van der Waals surface area contributed by atoms with Crippen LogP contribution < -0.4 is 10.6 Å². The van der Waals surface area contributed by atoms with E-state index in [0.29, 0.717) is 24.2 Å². The summed E-state index contributed by atoms with van der Waals surface area (Å²) in [5.74, 6) is 0.364. The largest absolute Gasteiger partial charge is 0.351 e. The monoisotopic (exact) mass is 223 g/mol. The van der Waals surface area contributed by atoms with Crippen LogP contribution in [0.1, 0.15) is 6.42 Å². The third kappa shape index (κ3) is 1.93. The van der Waals surface area contributed by atoms with Crippen LogP contribution in [-0.4, -0.2) is 24.0 Å². The van der Waals surface area contributed by atoms with Crippen LogP contribution in [0.25, 0.3) is 0 Å². The van der Waals surface area contributed by atoms with Gasteiger partial charge in [-0.15, -0.1) is 0 Å². The van der Waals surface area contributed by atoms with Crippen LogP contribution in [0.15, 0.2) is 18.3 Å². The SMILES string of the molecule is NCC1CC(=O)N(c2ccc[nH]c2=S)C1. The standard InChI is InChI=1S/C10H13N3OS/c11-5-7-4-9(14)13(6-7)8-2-1-3-12-10(8)15/h1-3,7H,4-6,11H2,(H,12,15). The molecule has 0 aromatic carbocycles. The molecule has 1 saturated heterocycles. The molecule has 0 aliphatic carbocycles. The first-order valence-electron chi connectivity index (χ1n) is 4.90. The summed E-state index contributed by atoms with van der Waals surface area (Å²) in [6.45, 7) is 1.22. The third-order valence-electron chi connectivity index (χ3n) is 2.63. The van der Waals surface area contributed by atoms with Crippen LogP contribution in [0.5, 0.6) is 0 Å². The summed E-state index contributed by atoms with van der Waals surface area (Å²) in [6, 6.07) is 3.70. The van der Waals surface area contributed by atoms with Gasteiger partial charge in [-0.2, -0.15) is 0 Å². The van der Waals surface area contributed by atoms with E-state index in [0.717, 1.165) is 5.69 Å². The minimum Gasteiger partial charge on any atom is -0.351 e. The Morgan fingerprint density at radius 2 is 2.47 bits per heavy atom. The lowest BCUT2D eigenvalue weighted by Crippen LogP contribution is -2.26. The number of aromatic amines is 1. The molecule has 0 saturated carbocycles. The average molecular weight is 223 g/mol. The molecule has 80 valence electrons. The number of aromatic nitrogens is 1. The molecular weight excluding hydrogens is 210 g/mol. The quantitative estimate of drug-likeness (QED) is 0.737. The highest BCUT2D eigenvalue weighted by molar-refractivity contribution is 7.71. The Balaban J connectivity index is 2.29. The Hall–Kier alpha value is -1.20.